The van der Waals surface area contributed by atoms with Crippen LogP contribution in [0.3, 0.4) is 0 Å². The van der Waals surface area contributed by atoms with Crippen LogP contribution in [0.25, 0.3) is 0 Å². The van der Waals surface area contributed by atoms with Crippen LogP contribution in [0.15, 0.2) is 18.2 Å². The minimum Gasteiger partial charge on any atom is -0.497 e. The minimum atomic E-state index is 0.233. The molecule has 0 heterocycles. The van der Waals surface area contributed by atoms with E-state index in [1.54, 1.807) is 7.11 Å². The van der Waals surface area contributed by atoms with Crippen molar-refractivity contribution < 1.29 is 4.74 Å². The van der Waals surface area contributed by atoms with E-state index in [2.05, 4.69) is 12.1 Å². The molecular formula is C13H17NO. The third kappa shape index (κ3) is 1.28. The zero-order chi connectivity index (χ0) is 10.5. The third-order valence-corrected chi connectivity index (χ3v) is 4.13. The van der Waals surface area contributed by atoms with Gasteiger partial charge >= 0.3 is 0 Å². The van der Waals surface area contributed by atoms with Gasteiger partial charge in [-0.2, -0.15) is 0 Å². The van der Waals surface area contributed by atoms with Crippen molar-refractivity contribution in [2.24, 2.45) is 11.1 Å². The van der Waals surface area contributed by atoms with E-state index in [0.717, 1.165) is 5.75 Å². The molecule has 0 aliphatic heterocycles. The summed E-state index contributed by atoms with van der Waals surface area (Å²) in [6.45, 7) is 0. The number of methoxy groups -OCH3 is 1. The highest BCUT2D eigenvalue weighted by Crippen LogP contribution is 2.59. The van der Waals surface area contributed by atoms with Gasteiger partial charge in [-0.25, -0.2) is 0 Å². The number of fused-ring (bicyclic) bond motifs is 1. The Morgan fingerprint density at radius 1 is 1.33 bits per heavy atom. The highest BCUT2D eigenvalue weighted by Gasteiger charge is 2.50. The van der Waals surface area contributed by atoms with E-state index in [1.165, 1.54) is 36.8 Å². The fourth-order valence-corrected chi connectivity index (χ4v) is 2.81. The number of nitrogens with two attached hydrogens (primary N) is 1. The lowest BCUT2D eigenvalue weighted by molar-refractivity contribution is 0.351. The highest BCUT2D eigenvalue weighted by atomic mass is 16.5. The first-order valence-electron chi connectivity index (χ1n) is 5.68. The first-order chi connectivity index (χ1) is 7.25. The van der Waals surface area contributed by atoms with Crippen LogP contribution >= 0.6 is 0 Å². The molecule has 1 spiro atoms. The fraction of sp³-hybridized carbons (Fsp3) is 0.538. The van der Waals surface area contributed by atoms with Crippen molar-refractivity contribution in [2.45, 2.75) is 31.7 Å². The van der Waals surface area contributed by atoms with E-state index < -0.39 is 0 Å². The Balaban J connectivity index is 2.04. The van der Waals surface area contributed by atoms with Gasteiger partial charge in [-0.1, -0.05) is 6.07 Å². The van der Waals surface area contributed by atoms with Crippen LogP contribution < -0.4 is 10.5 Å². The summed E-state index contributed by atoms with van der Waals surface area (Å²) >= 11 is 0. The van der Waals surface area contributed by atoms with Crippen LogP contribution in [0, 0.1) is 5.41 Å². The summed E-state index contributed by atoms with van der Waals surface area (Å²) in [4.78, 5) is 0. The number of rotatable bonds is 1. The van der Waals surface area contributed by atoms with Crippen LogP contribution in [0.5, 0.6) is 5.75 Å². The van der Waals surface area contributed by atoms with Crippen molar-refractivity contribution >= 4 is 0 Å². The van der Waals surface area contributed by atoms with Gasteiger partial charge in [-0.3, -0.25) is 0 Å². The number of hydrogen-bond acceptors (Lipinski definition) is 2. The monoisotopic (exact) mass is 203 g/mol. The molecule has 80 valence electrons. The Bertz CT molecular complexity index is 396. The van der Waals surface area contributed by atoms with Gasteiger partial charge in [0.1, 0.15) is 5.75 Å². The topological polar surface area (TPSA) is 35.2 Å². The maximum Gasteiger partial charge on any atom is 0.119 e. The predicted molar refractivity (Wildman–Crippen MR) is 59.9 cm³/mol. The summed E-state index contributed by atoms with van der Waals surface area (Å²) in [5, 5.41) is 0. The van der Waals surface area contributed by atoms with Crippen LogP contribution in [0.1, 0.15) is 36.4 Å². The molecule has 2 aliphatic rings. The van der Waals surface area contributed by atoms with Crippen LogP contribution in [0.2, 0.25) is 0 Å². The molecule has 1 fully saturated rings. The van der Waals surface area contributed by atoms with Crippen LogP contribution in [0.4, 0.5) is 0 Å². The summed E-state index contributed by atoms with van der Waals surface area (Å²) in [6.07, 6.45) is 5.08. The van der Waals surface area contributed by atoms with Crippen LogP contribution in [-0.4, -0.2) is 7.11 Å². The van der Waals surface area contributed by atoms with E-state index in [-0.39, 0.29) is 6.04 Å². The van der Waals surface area contributed by atoms with E-state index in [9.17, 15) is 0 Å². The van der Waals surface area contributed by atoms with Gasteiger partial charge in [0.25, 0.3) is 0 Å². The largest absolute Gasteiger partial charge is 0.497 e. The molecule has 1 aromatic carbocycles. The summed E-state index contributed by atoms with van der Waals surface area (Å²) in [6, 6.07) is 6.57. The second-order valence-electron chi connectivity index (χ2n) is 4.90. The Morgan fingerprint density at radius 3 is 2.80 bits per heavy atom. The Kier molecular flexibility index (Phi) is 1.84. The predicted octanol–water partition coefficient (Wildman–Crippen LogP) is 2.42. The summed E-state index contributed by atoms with van der Waals surface area (Å²) in [5.74, 6) is 0.932. The molecule has 0 radical (unpaired) electrons. The van der Waals surface area contributed by atoms with Crippen molar-refractivity contribution in [3.63, 3.8) is 0 Å². The normalized spacial score (nSPS) is 26.1. The number of benzene rings is 1. The molecule has 1 unspecified atom stereocenters. The van der Waals surface area contributed by atoms with Gasteiger partial charge < -0.3 is 10.5 Å². The summed E-state index contributed by atoms with van der Waals surface area (Å²) < 4.78 is 5.26. The van der Waals surface area contributed by atoms with Gasteiger partial charge in [-0.15, -0.1) is 0 Å². The first kappa shape index (κ1) is 9.22. The second-order valence-corrected chi connectivity index (χ2v) is 4.90. The Morgan fingerprint density at radius 2 is 2.13 bits per heavy atom. The van der Waals surface area contributed by atoms with Crippen molar-refractivity contribution in [1.29, 1.82) is 0 Å². The van der Waals surface area contributed by atoms with Gasteiger partial charge in [0.15, 0.2) is 0 Å². The van der Waals surface area contributed by atoms with Gasteiger partial charge in [0.2, 0.25) is 0 Å². The Labute approximate surface area is 90.4 Å². The molecule has 0 aromatic heterocycles. The van der Waals surface area contributed by atoms with Crippen molar-refractivity contribution in [2.75, 3.05) is 7.11 Å². The minimum absolute atomic E-state index is 0.233. The van der Waals surface area contributed by atoms with E-state index >= 15 is 0 Å². The van der Waals surface area contributed by atoms with Crippen LogP contribution in [-0.2, 0) is 6.42 Å². The van der Waals surface area contributed by atoms with Gasteiger partial charge in [0, 0.05) is 6.04 Å². The highest BCUT2D eigenvalue weighted by molar-refractivity contribution is 5.41. The molecule has 1 atom stereocenters. The van der Waals surface area contributed by atoms with Crippen molar-refractivity contribution in [1.82, 2.24) is 0 Å². The zero-order valence-corrected chi connectivity index (χ0v) is 9.12. The molecule has 3 rings (SSSR count). The SMILES string of the molecule is COc1ccc2c(c1)C(N)C1(CC2)CC1. The van der Waals surface area contributed by atoms with Gasteiger partial charge in [-0.05, 0) is 54.4 Å². The zero-order valence-electron chi connectivity index (χ0n) is 9.12. The van der Waals surface area contributed by atoms with Crippen molar-refractivity contribution in [3.05, 3.63) is 29.3 Å². The Hall–Kier alpha value is -1.02. The van der Waals surface area contributed by atoms with E-state index in [0.29, 0.717) is 5.41 Å². The lowest BCUT2D eigenvalue weighted by Gasteiger charge is -2.31. The number of aryl methyl sites for hydroxylation is 1. The molecule has 2 N–H and O–H groups in total. The molecule has 1 saturated carbocycles. The first-order valence-corrected chi connectivity index (χ1v) is 5.68. The number of hydrogen-bond donors (Lipinski definition) is 1. The standard InChI is InChI=1S/C13H17NO/c1-15-10-3-2-9-4-5-13(6-7-13)12(14)11(9)8-10/h2-3,8,12H,4-7,14H2,1H3. The van der Waals surface area contributed by atoms with E-state index in [4.69, 9.17) is 10.5 Å². The molecular weight excluding hydrogens is 186 g/mol. The maximum absolute atomic E-state index is 6.35. The average Bonchev–Trinajstić information content (AvgIpc) is 3.05. The summed E-state index contributed by atoms with van der Waals surface area (Å²) in [7, 11) is 1.71. The quantitative estimate of drug-likeness (QED) is 0.760. The summed E-state index contributed by atoms with van der Waals surface area (Å²) in [5.41, 5.74) is 9.53. The molecule has 2 heteroatoms. The smallest absolute Gasteiger partial charge is 0.119 e. The number of ether oxygens (including phenoxy) is 1. The maximum atomic E-state index is 6.35. The molecule has 2 aliphatic carbocycles. The lowest BCUT2D eigenvalue weighted by atomic mass is 9.77. The fourth-order valence-electron chi connectivity index (χ4n) is 2.81. The molecule has 15 heavy (non-hydrogen) atoms. The molecule has 0 bridgehead atoms. The molecule has 1 aromatic rings. The van der Waals surface area contributed by atoms with E-state index in [1.807, 2.05) is 6.07 Å². The third-order valence-electron chi connectivity index (χ3n) is 4.13. The lowest BCUT2D eigenvalue weighted by Crippen LogP contribution is -2.28. The van der Waals surface area contributed by atoms with Crippen molar-refractivity contribution in [3.8, 4) is 5.75 Å². The second kappa shape index (κ2) is 2.99. The molecule has 0 amide bonds. The molecule has 0 saturated heterocycles. The molecule has 2 nitrogen and oxygen atoms in total. The average molecular weight is 203 g/mol. The van der Waals surface area contributed by atoms with Gasteiger partial charge in [0.05, 0.1) is 7.11 Å².